The Labute approximate surface area is 186 Å². The van der Waals surface area contributed by atoms with Crippen molar-refractivity contribution in [2.24, 2.45) is 0 Å². The second kappa shape index (κ2) is 10.7. The van der Waals surface area contributed by atoms with Crippen LogP contribution in [0, 0.1) is 13.8 Å². The van der Waals surface area contributed by atoms with Crippen LogP contribution < -0.4 is 9.64 Å². The molecule has 0 unspecified atom stereocenters. The SMILES string of the molecule is COC(=O)CCN(C(=O)Cc1csc(COc2ccc(C)cc2)n1)c1ccccc1C. The van der Waals surface area contributed by atoms with E-state index in [0.717, 1.165) is 22.0 Å². The molecule has 3 aromatic rings. The summed E-state index contributed by atoms with van der Waals surface area (Å²) in [6, 6.07) is 15.5. The number of benzene rings is 2. The van der Waals surface area contributed by atoms with E-state index in [1.807, 2.05) is 67.8 Å². The summed E-state index contributed by atoms with van der Waals surface area (Å²) >= 11 is 1.47. The summed E-state index contributed by atoms with van der Waals surface area (Å²) in [7, 11) is 1.34. The Bertz CT molecular complexity index is 1030. The van der Waals surface area contributed by atoms with Gasteiger partial charge in [-0.2, -0.15) is 0 Å². The topological polar surface area (TPSA) is 68.7 Å². The molecular weight excluding hydrogens is 412 g/mol. The number of carbonyl (C=O) groups excluding carboxylic acids is 2. The van der Waals surface area contributed by atoms with Gasteiger partial charge in [0.05, 0.1) is 25.6 Å². The van der Waals surface area contributed by atoms with Gasteiger partial charge in [0.15, 0.2) is 0 Å². The summed E-state index contributed by atoms with van der Waals surface area (Å²) in [5.74, 6) is 0.317. The highest BCUT2D eigenvalue weighted by molar-refractivity contribution is 7.09. The zero-order valence-electron chi connectivity index (χ0n) is 18.0. The molecule has 7 heteroatoms. The fourth-order valence-corrected chi connectivity index (χ4v) is 3.78. The van der Waals surface area contributed by atoms with Crippen LogP contribution in [0.15, 0.2) is 53.9 Å². The van der Waals surface area contributed by atoms with Crippen molar-refractivity contribution in [3.8, 4) is 5.75 Å². The van der Waals surface area contributed by atoms with E-state index in [9.17, 15) is 9.59 Å². The Morgan fingerprint density at radius 1 is 1.06 bits per heavy atom. The van der Waals surface area contributed by atoms with E-state index in [1.54, 1.807) is 4.90 Å². The minimum absolute atomic E-state index is 0.116. The number of esters is 1. The lowest BCUT2D eigenvalue weighted by Gasteiger charge is -2.24. The fourth-order valence-electron chi connectivity index (χ4n) is 3.08. The molecule has 0 aliphatic heterocycles. The highest BCUT2D eigenvalue weighted by atomic mass is 32.1. The van der Waals surface area contributed by atoms with Crippen molar-refractivity contribution in [3.63, 3.8) is 0 Å². The zero-order valence-corrected chi connectivity index (χ0v) is 18.8. The lowest BCUT2D eigenvalue weighted by Crippen LogP contribution is -2.35. The molecule has 0 N–H and O–H groups in total. The van der Waals surface area contributed by atoms with Gasteiger partial charge in [-0.05, 0) is 37.6 Å². The van der Waals surface area contributed by atoms with Crippen LogP contribution in [0.5, 0.6) is 5.75 Å². The van der Waals surface area contributed by atoms with Gasteiger partial charge in [-0.3, -0.25) is 9.59 Å². The number of thiazole rings is 1. The smallest absolute Gasteiger partial charge is 0.307 e. The molecule has 0 bridgehead atoms. The summed E-state index contributed by atoms with van der Waals surface area (Å²) in [4.78, 5) is 30.9. The molecule has 1 amide bonds. The molecule has 1 heterocycles. The first kappa shape index (κ1) is 22.5. The molecule has 1 aromatic heterocycles. The van der Waals surface area contributed by atoms with E-state index < -0.39 is 0 Å². The first-order chi connectivity index (χ1) is 15.0. The summed E-state index contributed by atoms with van der Waals surface area (Å²) < 4.78 is 10.5. The largest absolute Gasteiger partial charge is 0.486 e. The second-order valence-corrected chi connectivity index (χ2v) is 8.11. The van der Waals surface area contributed by atoms with Crippen LogP contribution in [0.3, 0.4) is 0 Å². The average molecular weight is 439 g/mol. The summed E-state index contributed by atoms with van der Waals surface area (Å²) in [6.07, 6.45) is 0.278. The van der Waals surface area contributed by atoms with Gasteiger partial charge >= 0.3 is 5.97 Å². The van der Waals surface area contributed by atoms with Crippen molar-refractivity contribution in [1.82, 2.24) is 4.98 Å². The summed E-state index contributed by atoms with van der Waals surface area (Å²) in [6.45, 7) is 4.58. The number of carbonyl (C=O) groups is 2. The lowest BCUT2D eigenvalue weighted by molar-refractivity contribution is -0.140. The molecule has 3 rings (SSSR count). The normalized spacial score (nSPS) is 10.5. The molecule has 0 spiro atoms. The number of amides is 1. The molecule has 0 atom stereocenters. The highest BCUT2D eigenvalue weighted by Gasteiger charge is 2.20. The summed E-state index contributed by atoms with van der Waals surface area (Å²) in [5, 5.41) is 2.68. The number of para-hydroxylation sites is 1. The van der Waals surface area contributed by atoms with Gasteiger partial charge in [-0.15, -0.1) is 11.3 Å². The monoisotopic (exact) mass is 438 g/mol. The highest BCUT2D eigenvalue weighted by Crippen LogP contribution is 2.22. The number of nitrogens with zero attached hydrogens (tertiary/aromatic N) is 2. The Morgan fingerprint density at radius 2 is 1.81 bits per heavy atom. The van der Waals surface area contributed by atoms with Crippen LogP contribution in [0.1, 0.15) is 28.2 Å². The van der Waals surface area contributed by atoms with Gasteiger partial charge < -0.3 is 14.4 Å². The minimum atomic E-state index is -0.351. The maximum absolute atomic E-state index is 13.1. The first-order valence-corrected chi connectivity index (χ1v) is 10.9. The van der Waals surface area contributed by atoms with E-state index in [0.29, 0.717) is 12.3 Å². The van der Waals surface area contributed by atoms with Crippen molar-refractivity contribution in [3.05, 3.63) is 75.7 Å². The minimum Gasteiger partial charge on any atom is -0.486 e. The van der Waals surface area contributed by atoms with Crippen LogP contribution in [0.2, 0.25) is 0 Å². The number of aromatic nitrogens is 1. The second-order valence-electron chi connectivity index (χ2n) is 7.17. The Kier molecular flexibility index (Phi) is 7.78. The number of anilines is 1. The van der Waals surface area contributed by atoms with Gasteiger partial charge in [0.1, 0.15) is 17.4 Å². The zero-order chi connectivity index (χ0) is 22.2. The third kappa shape index (κ3) is 6.39. The molecule has 2 aromatic carbocycles. The number of aryl methyl sites for hydroxylation is 2. The van der Waals surface area contributed by atoms with Crippen LogP contribution in [-0.2, 0) is 27.4 Å². The Morgan fingerprint density at radius 3 is 2.52 bits per heavy atom. The molecule has 0 fully saturated rings. The number of hydrogen-bond acceptors (Lipinski definition) is 6. The van der Waals surface area contributed by atoms with E-state index in [4.69, 9.17) is 9.47 Å². The van der Waals surface area contributed by atoms with Crippen LogP contribution in [0.4, 0.5) is 5.69 Å². The fraction of sp³-hybridized carbons (Fsp3) is 0.292. The molecule has 0 aliphatic carbocycles. The number of ether oxygens (including phenoxy) is 2. The predicted molar refractivity (Wildman–Crippen MR) is 121 cm³/mol. The van der Waals surface area contributed by atoms with E-state index in [1.165, 1.54) is 24.0 Å². The molecular formula is C24H26N2O4S. The van der Waals surface area contributed by atoms with Crippen LogP contribution in [0.25, 0.3) is 0 Å². The number of hydrogen-bond donors (Lipinski definition) is 0. The lowest BCUT2D eigenvalue weighted by atomic mass is 10.1. The maximum atomic E-state index is 13.1. The molecule has 31 heavy (non-hydrogen) atoms. The Balaban J connectivity index is 1.66. The molecule has 162 valence electrons. The first-order valence-electron chi connectivity index (χ1n) is 10.0. The van der Waals surface area contributed by atoms with Crippen LogP contribution >= 0.6 is 11.3 Å². The maximum Gasteiger partial charge on any atom is 0.307 e. The summed E-state index contributed by atoms with van der Waals surface area (Å²) in [5.41, 5.74) is 3.61. The van der Waals surface area contributed by atoms with Crippen molar-refractivity contribution in [2.75, 3.05) is 18.6 Å². The molecule has 6 nitrogen and oxygen atoms in total. The van der Waals surface area contributed by atoms with E-state index in [-0.39, 0.29) is 31.3 Å². The standard InChI is InChI=1S/C24H26N2O4S/c1-17-8-10-20(11-9-17)30-15-22-25-19(16-31-22)14-23(27)26(13-12-24(28)29-3)21-7-5-4-6-18(21)2/h4-11,16H,12-15H2,1-3H3. The Hall–Kier alpha value is -3.19. The van der Waals surface area contributed by atoms with Crippen molar-refractivity contribution < 1.29 is 19.1 Å². The molecule has 0 aliphatic rings. The number of rotatable bonds is 9. The third-order valence-electron chi connectivity index (χ3n) is 4.79. The molecule has 0 saturated carbocycles. The van der Waals surface area contributed by atoms with Gasteiger partial charge in [0.25, 0.3) is 0 Å². The van der Waals surface area contributed by atoms with Crippen molar-refractivity contribution in [1.29, 1.82) is 0 Å². The third-order valence-corrected chi connectivity index (χ3v) is 5.66. The van der Waals surface area contributed by atoms with Crippen molar-refractivity contribution in [2.45, 2.75) is 33.3 Å². The predicted octanol–water partition coefficient (Wildman–Crippen LogP) is 4.48. The van der Waals surface area contributed by atoms with E-state index in [2.05, 4.69) is 4.98 Å². The molecule has 0 radical (unpaired) electrons. The quantitative estimate of drug-likeness (QED) is 0.461. The van der Waals surface area contributed by atoms with Gasteiger partial charge in [-0.25, -0.2) is 4.98 Å². The molecule has 0 saturated heterocycles. The van der Waals surface area contributed by atoms with E-state index >= 15 is 0 Å². The van der Waals surface area contributed by atoms with Crippen LogP contribution in [-0.4, -0.2) is 30.5 Å². The number of methoxy groups -OCH3 is 1. The van der Waals surface area contributed by atoms with Crippen molar-refractivity contribution >= 4 is 28.9 Å². The van der Waals surface area contributed by atoms with Gasteiger partial charge in [0, 0.05) is 17.6 Å². The average Bonchev–Trinajstić information content (AvgIpc) is 3.21. The van der Waals surface area contributed by atoms with Gasteiger partial charge in [-0.1, -0.05) is 35.9 Å². The van der Waals surface area contributed by atoms with Gasteiger partial charge in [0.2, 0.25) is 5.91 Å².